The van der Waals surface area contributed by atoms with Crippen LogP contribution >= 0.6 is 24.8 Å². The Bertz CT molecular complexity index is 318. The number of hydrogen-bond acceptors (Lipinski definition) is 2. The molecule has 0 aromatic heterocycles. The summed E-state index contributed by atoms with van der Waals surface area (Å²) in [6, 6.07) is 0. The van der Waals surface area contributed by atoms with Crippen LogP contribution in [-0.4, -0.2) is 48.1 Å². The second-order valence-electron chi connectivity index (χ2n) is 8.32. The quantitative estimate of drug-likeness (QED) is 0.750. The van der Waals surface area contributed by atoms with E-state index in [2.05, 4.69) is 16.7 Å². The summed E-state index contributed by atoms with van der Waals surface area (Å²) in [6.07, 6.45) is 12.1. The van der Waals surface area contributed by atoms with Gasteiger partial charge in [-0.3, -0.25) is 4.90 Å². The number of piperazine rings is 1. The fraction of sp³-hybridized carbons (Fsp3) is 1.00. The van der Waals surface area contributed by atoms with E-state index < -0.39 is 0 Å². The Morgan fingerprint density at radius 3 is 1.77 bits per heavy atom. The molecule has 0 amide bonds. The molecule has 0 N–H and O–H groups in total. The van der Waals surface area contributed by atoms with Gasteiger partial charge in [-0.05, 0) is 69.2 Å². The van der Waals surface area contributed by atoms with Crippen LogP contribution in [0.5, 0.6) is 0 Å². The second-order valence-corrected chi connectivity index (χ2v) is 8.32. The highest BCUT2D eigenvalue weighted by Crippen LogP contribution is 2.57. The van der Waals surface area contributed by atoms with E-state index in [0.29, 0.717) is 5.54 Å². The van der Waals surface area contributed by atoms with Gasteiger partial charge in [-0.25, -0.2) is 0 Å². The van der Waals surface area contributed by atoms with Crippen LogP contribution in [0.3, 0.4) is 0 Å². The van der Waals surface area contributed by atoms with E-state index in [1.165, 1.54) is 45.6 Å². The van der Waals surface area contributed by atoms with Gasteiger partial charge in [0, 0.05) is 31.7 Å². The molecule has 0 spiro atoms. The van der Waals surface area contributed by atoms with E-state index in [1.54, 1.807) is 38.5 Å². The lowest BCUT2D eigenvalue weighted by atomic mass is 9.52. The first kappa shape index (κ1) is 18.8. The lowest BCUT2D eigenvalue weighted by Gasteiger charge is -2.61. The third-order valence-corrected chi connectivity index (χ3v) is 6.88. The van der Waals surface area contributed by atoms with Gasteiger partial charge in [-0.1, -0.05) is 13.3 Å². The predicted octanol–water partition coefficient (Wildman–Crippen LogP) is 4.22. The van der Waals surface area contributed by atoms with Crippen molar-refractivity contribution in [1.29, 1.82) is 0 Å². The lowest BCUT2D eigenvalue weighted by molar-refractivity contribution is -0.101. The van der Waals surface area contributed by atoms with Crippen molar-refractivity contribution < 1.29 is 0 Å². The highest BCUT2D eigenvalue weighted by atomic mass is 35.5. The average molecular weight is 349 g/mol. The summed E-state index contributed by atoms with van der Waals surface area (Å²) < 4.78 is 0. The van der Waals surface area contributed by atoms with Crippen LogP contribution in [-0.2, 0) is 0 Å². The third-order valence-electron chi connectivity index (χ3n) is 6.88. The Balaban J connectivity index is 0.000000882. The lowest BCUT2D eigenvalue weighted by Crippen LogP contribution is -2.63. The van der Waals surface area contributed by atoms with Gasteiger partial charge in [0.1, 0.15) is 0 Å². The van der Waals surface area contributed by atoms with Gasteiger partial charge in [0.15, 0.2) is 0 Å². The molecule has 1 saturated heterocycles. The first-order chi connectivity index (χ1) is 9.77. The largest absolute Gasteiger partial charge is 0.301 e. The molecule has 4 heteroatoms. The van der Waals surface area contributed by atoms with Crippen LogP contribution in [0.4, 0.5) is 0 Å². The molecule has 0 aromatic rings. The molecule has 0 unspecified atom stereocenters. The van der Waals surface area contributed by atoms with E-state index >= 15 is 0 Å². The molecule has 130 valence electrons. The summed E-state index contributed by atoms with van der Waals surface area (Å²) in [4.78, 5) is 5.65. The fourth-order valence-corrected chi connectivity index (χ4v) is 6.28. The summed E-state index contributed by atoms with van der Waals surface area (Å²) in [7, 11) is 0. The van der Waals surface area contributed by atoms with Gasteiger partial charge in [0.05, 0.1) is 0 Å². The highest BCUT2D eigenvalue weighted by Gasteiger charge is 2.53. The molecule has 0 aromatic carbocycles. The van der Waals surface area contributed by atoms with Crippen LogP contribution < -0.4 is 0 Å². The summed E-state index contributed by atoms with van der Waals surface area (Å²) in [5.41, 5.74) is 0.658. The molecule has 5 fully saturated rings. The molecule has 4 bridgehead atoms. The molecule has 5 aliphatic rings. The topological polar surface area (TPSA) is 6.48 Å². The van der Waals surface area contributed by atoms with Crippen molar-refractivity contribution in [3.05, 3.63) is 0 Å². The van der Waals surface area contributed by atoms with Crippen molar-refractivity contribution in [3.63, 3.8) is 0 Å². The maximum Gasteiger partial charge on any atom is 0.0218 e. The summed E-state index contributed by atoms with van der Waals surface area (Å²) in [6.45, 7) is 9.03. The number of unbranched alkanes of at least 4 members (excludes halogenated alkanes) is 1. The minimum Gasteiger partial charge on any atom is -0.301 e. The van der Waals surface area contributed by atoms with Gasteiger partial charge in [-0.2, -0.15) is 0 Å². The van der Waals surface area contributed by atoms with E-state index in [-0.39, 0.29) is 24.8 Å². The zero-order valence-corrected chi connectivity index (χ0v) is 15.8. The minimum atomic E-state index is 0. The Labute approximate surface area is 149 Å². The van der Waals surface area contributed by atoms with Crippen LogP contribution in [0.25, 0.3) is 0 Å². The maximum absolute atomic E-state index is 2.94. The second kappa shape index (κ2) is 7.59. The standard InChI is InChI=1S/C18H32N2.2ClH/c1-2-3-4-19-5-7-20(8-6-19)18-12-15-9-16(13-18)11-17(10-15)14-18;;/h15-17H,2-14H2,1H3;2*1H. The Kier molecular flexibility index (Phi) is 6.50. The number of halogens is 2. The summed E-state index contributed by atoms with van der Waals surface area (Å²) in [5, 5.41) is 0. The molecule has 4 saturated carbocycles. The maximum atomic E-state index is 2.94. The van der Waals surface area contributed by atoms with Crippen molar-refractivity contribution >= 4 is 24.8 Å². The summed E-state index contributed by atoms with van der Waals surface area (Å²) in [5.74, 6) is 3.29. The van der Waals surface area contributed by atoms with Crippen LogP contribution in [0.2, 0.25) is 0 Å². The average Bonchev–Trinajstić information content (AvgIpc) is 2.44. The van der Waals surface area contributed by atoms with E-state index in [4.69, 9.17) is 0 Å². The molecule has 0 radical (unpaired) electrons. The minimum absolute atomic E-state index is 0. The molecule has 5 rings (SSSR count). The smallest absolute Gasteiger partial charge is 0.0218 e. The number of nitrogens with zero attached hydrogens (tertiary/aromatic N) is 2. The van der Waals surface area contributed by atoms with Crippen LogP contribution in [0.15, 0.2) is 0 Å². The van der Waals surface area contributed by atoms with Crippen molar-refractivity contribution in [1.82, 2.24) is 9.80 Å². The molecule has 4 aliphatic carbocycles. The molecular formula is C18H34Cl2N2. The Morgan fingerprint density at radius 2 is 1.32 bits per heavy atom. The molecule has 1 aliphatic heterocycles. The van der Waals surface area contributed by atoms with Crippen LogP contribution in [0, 0.1) is 17.8 Å². The molecular weight excluding hydrogens is 315 g/mol. The molecule has 2 nitrogen and oxygen atoms in total. The normalized spacial score (nSPS) is 41.0. The van der Waals surface area contributed by atoms with Crippen molar-refractivity contribution in [2.45, 2.75) is 63.8 Å². The van der Waals surface area contributed by atoms with Crippen molar-refractivity contribution in [3.8, 4) is 0 Å². The monoisotopic (exact) mass is 348 g/mol. The van der Waals surface area contributed by atoms with E-state index in [9.17, 15) is 0 Å². The predicted molar refractivity (Wildman–Crippen MR) is 98.3 cm³/mol. The van der Waals surface area contributed by atoms with Crippen molar-refractivity contribution in [2.75, 3.05) is 32.7 Å². The summed E-state index contributed by atoms with van der Waals surface area (Å²) >= 11 is 0. The molecule has 0 atom stereocenters. The van der Waals surface area contributed by atoms with Crippen molar-refractivity contribution in [2.24, 2.45) is 17.8 Å². The van der Waals surface area contributed by atoms with Crippen LogP contribution in [0.1, 0.15) is 58.3 Å². The van der Waals surface area contributed by atoms with Gasteiger partial charge in [0.2, 0.25) is 0 Å². The Morgan fingerprint density at radius 1 is 0.818 bits per heavy atom. The highest BCUT2D eigenvalue weighted by molar-refractivity contribution is 5.85. The molecule has 22 heavy (non-hydrogen) atoms. The fourth-order valence-electron chi connectivity index (χ4n) is 6.28. The molecule has 1 heterocycles. The van der Waals surface area contributed by atoms with Gasteiger partial charge in [-0.15, -0.1) is 24.8 Å². The van der Waals surface area contributed by atoms with E-state index in [1.807, 2.05) is 0 Å². The SMILES string of the molecule is CCCCN1CCN(C23CC4CC(CC(C4)C2)C3)CC1.Cl.Cl. The zero-order chi connectivity index (χ0) is 13.6. The third kappa shape index (κ3) is 3.45. The van der Waals surface area contributed by atoms with Gasteiger partial charge in [0.25, 0.3) is 0 Å². The van der Waals surface area contributed by atoms with Gasteiger partial charge < -0.3 is 4.90 Å². The Hall–Kier alpha value is 0.500. The number of rotatable bonds is 4. The zero-order valence-electron chi connectivity index (χ0n) is 14.1. The number of hydrogen-bond donors (Lipinski definition) is 0. The first-order valence-electron chi connectivity index (χ1n) is 9.25. The van der Waals surface area contributed by atoms with Gasteiger partial charge >= 0.3 is 0 Å². The van der Waals surface area contributed by atoms with E-state index in [0.717, 1.165) is 17.8 Å². The first-order valence-corrected chi connectivity index (χ1v) is 9.25.